The average Bonchev–Trinajstić information content (AvgIpc) is 2.59. The van der Waals surface area contributed by atoms with Crippen molar-refractivity contribution in [2.75, 3.05) is 5.75 Å². The number of allylic oxidation sites excluding steroid dienone is 3. The topological polar surface area (TPSA) is 113 Å². The lowest BCUT2D eigenvalue weighted by Gasteiger charge is -2.49. The van der Waals surface area contributed by atoms with Gasteiger partial charge >= 0.3 is 5.97 Å². The van der Waals surface area contributed by atoms with Crippen LogP contribution in [0.4, 0.5) is 0 Å². The smallest absolute Gasteiger partial charge is 0.352 e. The van der Waals surface area contributed by atoms with E-state index in [4.69, 9.17) is 5.73 Å². The number of amides is 2. The summed E-state index contributed by atoms with van der Waals surface area (Å²) in [4.78, 5) is 37.3. The number of carboxylic acids is 1. The molecular weight excluding hydrogens is 330 g/mol. The van der Waals surface area contributed by atoms with E-state index in [2.05, 4.69) is 5.32 Å². The molecule has 1 aliphatic carbocycles. The van der Waals surface area contributed by atoms with Crippen molar-refractivity contribution < 1.29 is 19.5 Å². The second kappa shape index (κ2) is 6.45. The Kier molecular flexibility index (Phi) is 4.51. The van der Waals surface area contributed by atoms with Crippen molar-refractivity contribution >= 4 is 29.5 Å². The SMILES string of the molecule is CC1=C(C(=O)O)N2C(=O)[C@H](NC(=O)[C@@H](N)C3=CCC=CC3)[C@H]2SC1. The maximum atomic E-state index is 12.3. The lowest BCUT2D eigenvalue weighted by molar-refractivity contribution is -0.150. The van der Waals surface area contributed by atoms with E-state index in [1.807, 2.05) is 18.2 Å². The Morgan fingerprint density at radius 3 is 2.83 bits per heavy atom. The van der Waals surface area contributed by atoms with Gasteiger partial charge in [0.15, 0.2) is 0 Å². The van der Waals surface area contributed by atoms with Crippen LogP contribution in [-0.4, -0.2) is 51.0 Å². The summed E-state index contributed by atoms with van der Waals surface area (Å²) in [6.07, 6.45) is 7.26. The summed E-state index contributed by atoms with van der Waals surface area (Å²) >= 11 is 1.45. The van der Waals surface area contributed by atoms with E-state index in [1.165, 1.54) is 16.7 Å². The van der Waals surface area contributed by atoms with Crippen molar-refractivity contribution in [3.05, 3.63) is 35.1 Å². The third-order valence-electron chi connectivity index (χ3n) is 4.38. The predicted octanol–water partition coefficient (Wildman–Crippen LogP) is 0.349. The number of hydrogen-bond donors (Lipinski definition) is 3. The van der Waals surface area contributed by atoms with E-state index in [0.717, 1.165) is 12.0 Å². The predicted molar refractivity (Wildman–Crippen MR) is 89.8 cm³/mol. The zero-order valence-electron chi connectivity index (χ0n) is 13.2. The first-order valence-corrected chi connectivity index (χ1v) is 8.74. The summed E-state index contributed by atoms with van der Waals surface area (Å²) < 4.78 is 0. The van der Waals surface area contributed by atoms with Gasteiger partial charge in [0.1, 0.15) is 23.2 Å². The summed E-state index contributed by atoms with van der Waals surface area (Å²) in [7, 11) is 0. The summed E-state index contributed by atoms with van der Waals surface area (Å²) in [6, 6.07) is -1.52. The number of carboxylic acid groups (broad SMARTS) is 1. The minimum absolute atomic E-state index is 0.0265. The van der Waals surface area contributed by atoms with E-state index in [1.54, 1.807) is 6.92 Å². The summed E-state index contributed by atoms with van der Waals surface area (Å²) in [6.45, 7) is 1.70. The number of β-lactam (4-membered cyclic amide) rings is 1. The largest absolute Gasteiger partial charge is 0.477 e. The average molecular weight is 349 g/mol. The molecule has 1 fully saturated rings. The van der Waals surface area contributed by atoms with Crippen LogP contribution in [-0.2, 0) is 14.4 Å². The number of rotatable bonds is 4. The summed E-state index contributed by atoms with van der Waals surface area (Å²) in [5.74, 6) is -1.41. The Morgan fingerprint density at radius 2 is 2.21 bits per heavy atom. The molecule has 0 saturated carbocycles. The molecule has 7 nitrogen and oxygen atoms in total. The highest BCUT2D eigenvalue weighted by Crippen LogP contribution is 2.40. The number of nitrogens with one attached hydrogen (secondary N) is 1. The molecule has 0 bridgehead atoms. The van der Waals surface area contributed by atoms with Gasteiger partial charge in [-0.1, -0.05) is 18.2 Å². The minimum atomic E-state index is -1.12. The fourth-order valence-corrected chi connectivity index (χ4v) is 4.35. The quantitative estimate of drug-likeness (QED) is 0.499. The van der Waals surface area contributed by atoms with Crippen molar-refractivity contribution in [1.82, 2.24) is 10.2 Å². The Bertz CT molecular complexity index is 697. The Labute approximate surface area is 143 Å². The van der Waals surface area contributed by atoms with Crippen molar-refractivity contribution in [2.45, 2.75) is 37.2 Å². The van der Waals surface area contributed by atoms with E-state index < -0.39 is 29.9 Å². The second-order valence-corrected chi connectivity index (χ2v) is 7.10. The normalized spacial score (nSPS) is 27.2. The van der Waals surface area contributed by atoms with Crippen LogP contribution in [0.2, 0.25) is 0 Å². The van der Waals surface area contributed by atoms with Crippen LogP contribution in [0.5, 0.6) is 0 Å². The first kappa shape index (κ1) is 16.8. The van der Waals surface area contributed by atoms with Gasteiger partial charge < -0.3 is 16.2 Å². The number of carbonyl (C=O) groups excluding carboxylic acids is 2. The number of aliphatic carboxylic acids is 1. The van der Waals surface area contributed by atoms with Crippen molar-refractivity contribution in [3.8, 4) is 0 Å². The van der Waals surface area contributed by atoms with Gasteiger partial charge in [0.05, 0.1) is 0 Å². The Balaban J connectivity index is 1.68. The molecule has 1 saturated heterocycles. The monoisotopic (exact) mass is 349 g/mol. The van der Waals surface area contributed by atoms with Gasteiger partial charge in [-0.15, -0.1) is 11.8 Å². The number of nitrogens with zero attached hydrogens (tertiary/aromatic N) is 1. The van der Waals surface area contributed by atoms with Crippen LogP contribution < -0.4 is 11.1 Å². The Hall–Kier alpha value is -2.06. The van der Waals surface area contributed by atoms with Gasteiger partial charge in [-0.05, 0) is 30.9 Å². The van der Waals surface area contributed by atoms with Gasteiger partial charge in [-0.3, -0.25) is 14.5 Å². The maximum absolute atomic E-state index is 12.3. The summed E-state index contributed by atoms with van der Waals surface area (Å²) in [5.41, 5.74) is 7.49. The molecule has 8 heteroatoms. The molecule has 3 aliphatic rings. The molecule has 2 amide bonds. The Morgan fingerprint density at radius 1 is 1.46 bits per heavy atom. The van der Waals surface area contributed by atoms with E-state index in [-0.39, 0.29) is 11.1 Å². The molecule has 2 heterocycles. The molecule has 0 aromatic carbocycles. The molecule has 3 rings (SSSR count). The van der Waals surface area contributed by atoms with Gasteiger partial charge in [0.25, 0.3) is 5.91 Å². The number of hydrogen-bond acceptors (Lipinski definition) is 5. The molecule has 2 aliphatic heterocycles. The maximum Gasteiger partial charge on any atom is 0.352 e. The fraction of sp³-hybridized carbons (Fsp3) is 0.438. The van der Waals surface area contributed by atoms with Gasteiger partial charge in [-0.2, -0.15) is 0 Å². The first-order valence-electron chi connectivity index (χ1n) is 7.69. The number of thioether (sulfide) groups is 1. The van der Waals surface area contributed by atoms with Gasteiger partial charge in [0, 0.05) is 5.75 Å². The molecule has 0 spiro atoms. The van der Waals surface area contributed by atoms with Crippen LogP contribution in [0.3, 0.4) is 0 Å². The standard InChI is InChI=1S/C16H19N3O4S/c1-8-7-24-15-11(14(21)19(15)12(8)16(22)23)18-13(20)10(17)9-5-3-2-4-6-9/h2-3,6,10-11,15H,4-5,7,17H2,1H3,(H,18,20)(H,22,23)/t10-,11-,15+/m0/s1. The minimum Gasteiger partial charge on any atom is -0.477 e. The number of nitrogens with two attached hydrogens (primary N) is 1. The molecule has 3 atom stereocenters. The molecule has 24 heavy (non-hydrogen) atoms. The van der Waals surface area contributed by atoms with E-state index in [9.17, 15) is 19.5 Å². The van der Waals surface area contributed by atoms with Crippen LogP contribution in [0.15, 0.2) is 35.1 Å². The van der Waals surface area contributed by atoms with E-state index in [0.29, 0.717) is 17.7 Å². The van der Waals surface area contributed by atoms with Crippen molar-refractivity contribution in [3.63, 3.8) is 0 Å². The molecule has 4 N–H and O–H groups in total. The number of carbonyl (C=O) groups is 3. The molecule has 0 aromatic heterocycles. The fourth-order valence-electron chi connectivity index (χ4n) is 3.06. The second-order valence-electron chi connectivity index (χ2n) is 6.00. The highest BCUT2D eigenvalue weighted by atomic mass is 32.2. The molecule has 128 valence electrons. The van der Waals surface area contributed by atoms with Crippen LogP contribution in [0.1, 0.15) is 19.8 Å². The third-order valence-corrected chi connectivity index (χ3v) is 5.80. The lowest BCUT2D eigenvalue weighted by atomic mass is 9.97. The van der Waals surface area contributed by atoms with Crippen LogP contribution in [0, 0.1) is 0 Å². The van der Waals surface area contributed by atoms with E-state index >= 15 is 0 Å². The number of fused-ring (bicyclic) bond motifs is 1. The van der Waals surface area contributed by atoms with Crippen molar-refractivity contribution in [1.29, 1.82) is 0 Å². The summed E-state index contributed by atoms with van der Waals surface area (Å²) in [5, 5.41) is 11.6. The molecule has 0 radical (unpaired) electrons. The highest BCUT2D eigenvalue weighted by molar-refractivity contribution is 8.00. The lowest BCUT2D eigenvalue weighted by Crippen LogP contribution is -2.71. The molecule has 0 unspecified atom stereocenters. The van der Waals surface area contributed by atoms with Crippen LogP contribution >= 0.6 is 11.8 Å². The third kappa shape index (κ3) is 2.76. The van der Waals surface area contributed by atoms with Gasteiger partial charge in [-0.25, -0.2) is 4.79 Å². The van der Waals surface area contributed by atoms with Crippen molar-refractivity contribution in [2.24, 2.45) is 5.73 Å². The van der Waals surface area contributed by atoms with Crippen LogP contribution in [0.25, 0.3) is 0 Å². The molecule has 0 aromatic rings. The highest BCUT2D eigenvalue weighted by Gasteiger charge is 2.53. The zero-order valence-corrected chi connectivity index (χ0v) is 14.0. The zero-order chi connectivity index (χ0) is 17.4. The first-order chi connectivity index (χ1) is 11.4. The molecular formula is C16H19N3O4S. The van der Waals surface area contributed by atoms with Gasteiger partial charge in [0.2, 0.25) is 5.91 Å².